The van der Waals surface area contributed by atoms with Crippen LogP contribution < -0.4 is 5.32 Å². The molecule has 3 rings (SSSR count). The molecule has 1 heterocycles. The third-order valence-electron chi connectivity index (χ3n) is 3.46. The molecule has 102 valence electrons. The maximum atomic E-state index is 9.36. The van der Waals surface area contributed by atoms with Gasteiger partial charge in [0.2, 0.25) is 0 Å². The van der Waals surface area contributed by atoms with Crippen molar-refractivity contribution in [3.63, 3.8) is 0 Å². The average molecular weight is 267 g/mol. The van der Waals surface area contributed by atoms with Crippen LogP contribution in [0.2, 0.25) is 0 Å². The molecule has 1 fully saturated rings. The zero-order chi connectivity index (χ0) is 14.1. The number of nitrogens with one attached hydrogen (secondary N) is 1. The lowest BCUT2D eigenvalue weighted by atomic mass is 10.1. The first-order valence-corrected chi connectivity index (χ1v) is 6.84. The molecule has 5 heteroatoms. The normalized spacial score (nSPS) is 14.2. The van der Waals surface area contributed by atoms with Crippen molar-refractivity contribution in [2.24, 2.45) is 0 Å². The van der Waals surface area contributed by atoms with Crippen LogP contribution in [0.25, 0.3) is 5.69 Å². The number of aromatic nitrogens is 3. The van der Waals surface area contributed by atoms with E-state index in [2.05, 4.69) is 21.5 Å². The summed E-state index contributed by atoms with van der Waals surface area (Å²) in [5.74, 6) is 1.51. The Morgan fingerprint density at radius 1 is 1.40 bits per heavy atom. The summed E-state index contributed by atoms with van der Waals surface area (Å²) in [7, 11) is 0. The molecular weight excluding hydrogens is 250 g/mol. The highest BCUT2D eigenvalue weighted by Crippen LogP contribution is 2.21. The van der Waals surface area contributed by atoms with Gasteiger partial charge < -0.3 is 5.32 Å². The molecule has 2 aromatic rings. The summed E-state index contributed by atoms with van der Waals surface area (Å²) >= 11 is 0. The van der Waals surface area contributed by atoms with Crippen molar-refractivity contribution in [3.8, 4) is 11.8 Å². The highest BCUT2D eigenvalue weighted by Gasteiger charge is 2.20. The average Bonchev–Trinajstić information content (AvgIpc) is 3.21. The minimum Gasteiger partial charge on any atom is -0.310 e. The number of benzene rings is 1. The van der Waals surface area contributed by atoms with E-state index in [1.165, 1.54) is 12.8 Å². The molecule has 0 aliphatic heterocycles. The summed E-state index contributed by atoms with van der Waals surface area (Å²) in [6, 6.07) is 8.85. The van der Waals surface area contributed by atoms with Gasteiger partial charge in [-0.2, -0.15) is 10.4 Å². The van der Waals surface area contributed by atoms with Gasteiger partial charge in [0.25, 0.3) is 0 Å². The molecule has 0 spiro atoms. The van der Waals surface area contributed by atoms with E-state index >= 15 is 0 Å². The van der Waals surface area contributed by atoms with E-state index in [4.69, 9.17) is 0 Å². The minimum atomic E-state index is 0.632. The third kappa shape index (κ3) is 2.56. The second-order valence-electron chi connectivity index (χ2n) is 5.24. The maximum absolute atomic E-state index is 9.36. The van der Waals surface area contributed by atoms with E-state index in [1.807, 2.05) is 32.0 Å². The van der Waals surface area contributed by atoms with E-state index < -0.39 is 0 Å². The molecule has 1 aliphatic rings. The molecule has 0 unspecified atom stereocenters. The van der Waals surface area contributed by atoms with Crippen LogP contribution >= 0.6 is 0 Å². The predicted molar refractivity (Wildman–Crippen MR) is 75.4 cm³/mol. The molecule has 0 bridgehead atoms. The van der Waals surface area contributed by atoms with Gasteiger partial charge in [0.05, 0.1) is 11.3 Å². The Bertz CT molecular complexity index is 676. The first-order chi connectivity index (χ1) is 9.67. The highest BCUT2D eigenvalue weighted by atomic mass is 15.3. The van der Waals surface area contributed by atoms with Gasteiger partial charge in [-0.15, -0.1) is 0 Å². The van der Waals surface area contributed by atoms with Gasteiger partial charge in [-0.05, 0) is 44.4 Å². The van der Waals surface area contributed by atoms with Crippen LogP contribution in [0, 0.1) is 25.2 Å². The van der Waals surface area contributed by atoms with Crippen LogP contribution in [0.1, 0.15) is 35.6 Å². The Morgan fingerprint density at radius 3 is 2.80 bits per heavy atom. The van der Waals surface area contributed by atoms with Gasteiger partial charge in [0.1, 0.15) is 17.7 Å². The largest absolute Gasteiger partial charge is 0.310 e. The maximum Gasteiger partial charge on any atom is 0.148 e. The quantitative estimate of drug-likeness (QED) is 0.920. The molecule has 1 N–H and O–H groups in total. The molecule has 5 nitrogen and oxygen atoms in total. The monoisotopic (exact) mass is 267 g/mol. The van der Waals surface area contributed by atoms with Crippen molar-refractivity contribution in [2.75, 3.05) is 0 Å². The number of aryl methyl sites for hydroxylation is 2. The second kappa shape index (κ2) is 5.06. The smallest absolute Gasteiger partial charge is 0.148 e. The van der Waals surface area contributed by atoms with Gasteiger partial charge in [0.15, 0.2) is 0 Å². The Balaban J connectivity index is 1.91. The molecule has 0 amide bonds. The lowest BCUT2D eigenvalue weighted by Gasteiger charge is -2.08. The summed E-state index contributed by atoms with van der Waals surface area (Å²) in [6.07, 6.45) is 2.53. The standard InChI is InChI=1S/C15H17N5/c1-10-18-11(2)20(19-10)15-6-3-12(7-13(15)8-16)9-17-14-4-5-14/h3,6-7,14,17H,4-5,9H2,1-2H3. The number of rotatable bonds is 4. The molecule has 0 radical (unpaired) electrons. The highest BCUT2D eigenvalue weighted by molar-refractivity contribution is 5.50. The van der Waals surface area contributed by atoms with Crippen LogP contribution in [-0.2, 0) is 6.54 Å². The second-order valence-corrected chi connectivity index (χ2v) is 5.24. The molecule has 20 heavy (non-hydrogen) atoms. The van der Waals surface area contributed by atoms with Gasteiger partial charge in [-0.25, -0.2) is 9.67 Å². The van der Waals surface area contributed by atoms with Crippen LogP contribution in [-0.4, -0.2) is 20.8 Å². The number of hydrogen-bond acceptors (Lipinski definition) is 4. The molecule has 0 atom stereocenters. The van der Waals surface area contributed by atoms with E-state index in [-0.39, 0.29) is 0 Å². The van der Waals surface area contributed by atoms with Crippen LogP contribution in [0.3, 0.4) is 0 Å². The number of nitrogens with zero attached hydrogens (tertiary/aromatic N) is 4. The van der Waals surface area contributed by atoms with E-state index in [1.54, 1.807) is 4.68 Å². The zero-order valence-electron chi connectivity index (χ0n) is 11.7. The number of hydrogen-bond donors (Lipinski definition) is 1. The van der Waals surface area contributed by atoms with Crippen LogP contribution in [0.5, 0.6) is 0 Å². The Hall–Kier alpha value is -2.19. The fourth-order valence-electron chi connectivity index (χ4n) is 2.27. The van der Waals surface area contributed by atoms with Crippen LogP contribution in [0.4, 0.5) is 0 Å². The van der Waals surface area contributed by atoms with Gasteiger partial charge in [-0.3, -0.25) is 0 Å². The van der Waals surface area contributed by atoms with Crippen molar-refractivity contribution in [3.05, 3.63) is 41.0 Å². The minimum absolute atomic E-state index is 0.632. The molecule has 1 aromatic heterocycles. The van der Waals surface area contributed by atoms with Crippen molar-refractivity contribution in [1.29, 1.82) is 5.26 Å². The van der Waals surface area contributed by atoms with Gasteiger partial charge >= 0.3 is 0 Å². The fourth-order valence-corrected chi connectivity index (χ4v) is 2.27. The molecule has 0 saturated heterocycles. The summed E-state index contributed by atoms with van der Waals surface area (Å²) in [5, 5.41) is 17.2. The van der Waals surface area contributed by atoms with Gasteiger partial charge in [-0.1, -0.05) is 6.07 Å². The van der Waals surface area contributed by atoms with E-state index in [0.717, 1.165) is 23.6 Å². The topological polar surface area (TPSA) is 66.5 Å². The Kier molecular flexibility index (Phi) is 3.25. The van der Waals surface area contributed by atoms with Crippen molar-refractivity contribution in [1.82, 2.24) is 20.1 Å². The van der Waals surface area contributed by atoms with Crippen molar-refractivity contribution >= 4 is 0 Å². The van der Waals surface area contributed by atoms with Gasteiger partial charge in [0, 0.05) is 12.6 Å². The molecule has 1 aliphatic carbocycles. The Labute approximate surface area is 118 Å². The summed E-state index contributed by atoms with van der Waals surface area (Å²) in [4.78, 5) is 4.28. The molecular formula is C15H17N5. The first-order valence-electron chi connectivity index (χ1n) is 6.84. The SMILES string of the molecule is Cc1nc(C)n(-c2ccc(CNC3CC3)cc2C#N)n1. The van der Waals surface area contributed by atoms with Crippen molar-refractivity contribution < 1.29 is 0 Å². The lowest BCUT2D eigenvalue weighted by molar-refractivity contribution is 0.687. The van der Waals surface area contributed by atoms with Crippen molar-refractivity contribution in [2.45, 2.75) is 39.3 Å². The summed E-state index contributed by atoms with van der Waals surface area (Å²) in [6.45, 7) is 4.56. The summed E-state index contributed by atoms with van der Waals surface area (Å²) in [5.41, 5.74) is 2.56. The fraction of sp³-hybridized carbons (Fsp3) is 0.400. The third-order valence-corrected chi connectivity index (χ3v) is 3.46. The first kappa shape index (κ1) is 12.8. The predicted octanol–water partition coefficient (Wildman–Crippen LogP) is 2.01. The Morgan fingerprint density at radius 2 is 2.20 bits per heavy atom. The van der Waals surface area contributed by atoms with E-state index in [0.29, 0.717) is 17.4 Å². The van der Waals surface area contributed by atoms with Crippen LogP contribution in [0.15, 0.2) is 18.2 Å². The molecule has 1 aromatic carbocycles. The molecule has 1 saturated carbocycles. The summed E-state index contributed by atoms with van der Waals surface area (Å²) < 4.78 is 1.73. The lowest BCUT2D eigenvalue weighted by Crippen LogP contribution is -2.15. The number of nitriles is 1. The van der Waals surface area contributed by atoms with E-state index in [9.17, 15) is 5.26 Å². The zero-order valence-corrected chi connectivity index (χ0v) is 11.7.